The summed E-state index contributed by atoms with van der Waals surface area (Å²) >= 11 is 0. The van der Waals surface area contributed by atoms with Crippen LogP contribution in [-0.4, -0.2) is 50.9 Å². The Morgan fingerprint density at radius 1 is 1.45 bits per heavy atom. The lowest BCUT2D eigenvalue weighted by Crippen LogP contribution is -2.47. The molecule has 3 rings (SSSR count). The van der Waals surface area contributed by atoms with Gasteiger partial charge in [0.1, 0.15) is 12.0 Å². The van der Waals surface area contributed by atoms with Crippen molar-refractivity contribution in [1.29, 1.82) is 0 Å². The molecule has 2 unspecified atom stereocenters. The van der Waals surface area contributed by atoms with Crippen LogP contribution in [0, 0.1) is 0 Å². The third kappa shape index (κ3) is 5.21. The number of carbonyl (C=O) groups excluding carboxylic acids is 1. The van der Waals surface area contributed by atoms with Crippen molar-refractivity contribution >= 4 is 16.9 Å². The van der Waals surface area contributed by atoms with Crippen molar-refractivity contribution in [2.45, 2.75) is 51.6 Å². The predicted molar refractivity (Wildman–Crippen MR) is 118 cm³/mol. The van der Waals surface area contributed by atoms with Gasteiger partial charge in [0.15, 0.2) is 0 Å². The number of aromatic amines is 1. The Morgan fingerprint density at radius 2 is 2.31 bits per heavy atom. The second-order valence-corrected chi connectivity index (χ2v) is 7.47. The van der Waals surface area contributed by atoms with Crippen LogP contribution in [0.1, 0.15) is 50.0 Å². The van der Waals surface area contributed by atoms with Crippen molar-refractivity contribution in [2.24, 2.45) is 0 Å². The van der Waals surface area contributed by atoms with E-state index in [1.165, 1.54) is 11.9 Å². The SMILES string of the molecule is C=C/C=C(\C=C/C)CNC1CCCC(N(CC)C(=O)c2cc3ncncc3[nH]2)C1. The fourth-order valence-corrected chi connectivity index (χ4v) is 4.14. The van der Waals surface area contributed by atoms with E-state index in [1.807, 2.05) is 43.0 Å². The summed E-state index contributed by atoms with van der Waals surface area (Å²) in [7, 11) is 0. The Morgan fingerprint density at radius 3 is 3.03 bits per heavy atom. The number of rotatable bonds is 8. The van der Waals surface area contributed by atoms with E-state index >= 15 is 0 Å². The molecule has 0 aromatic carbocycles. The number of H-pyrrole nitrogens is 1. The van der Waals surface area contributed by atoms with Crippen molar-refractivity contribution in [3.05, 3.63) is 60.7 Å². The smallest absolute Gasteiger partial charge is 0.270 e. The molecular weight excluding hydrogens is 362 g/mol. The molecule has 6 heteroatoms. The molecule has 1 saturated carbocycles. The number of allylic oxidation sites excluding steroid dienone is 3. The molecule has 1 aliphatic rings. The fraction of sp³-hybridized carbons (Fsp3) is 0.435. The number of aromatic nitrogens is 3. The molecule has 154 valence electrons. The van der Waals surface area contributed by atoms with E-state index in [0.29, 0.717) is 18.3 Å². The Balaban J connectivity index is 1.66. The summed E-state index contributed by atoms with van der Waals surface area (Å²) in [6.45, 7) is 9.37. The van der Waals surface area contributed by atoms with E-state index in [4.69, 9.17) is 0 Å². The van der Waals surface area contributed by atoms with Gasteiger partial charge in [0.05, 0.1) is 17.2 Å². The molecule has 0 bridgehead atoms. The van der Waals surface area contributed by atoms with Crippen LogP contribution in [0.5, 0.6) is 0 Å². The van der Waals surface area contributed by atoms with E-state index in [2.05, 4.69) is 32.9 Å². The molecule has 0 spiro atoms. The fourth-order valence-electron chi connectivity index (χ4n) is 4.14. The first-order valence-corrected chi connectivity index (χ1v) is 10.4. The lowest BCUT2D eigenvalue weighted by atomic mass is 9.89. The van der Waals surface area contributed by atoms with Crippen molar-refractivity contribution in [2.75, 3.05) is 13.1 Å². The molecule has 0 radical (unpaired) electrons. The number of carbonyl (C=O) groups is 1. The number of hydrogen-bond donors (Lipinski definition) is 2. The average Bonchev–Trinajstić information content (AvgIpc) is 3.17. The highest BCUT2D eigenvalue weighted by Gasteiger charge is 2.30. The summed E-state index contributed by atoms with van der Waals surface area (Å²) in [5.74, 6) is 0.0392. The summed E-state index contributed by atoms with van der Waals surface area (Å²) < 4.78 is 0. The lowest BCUT2D eigenvalue weighted by molar-refractivity contribution is 0.0624. The Kier molecular flexibility index (Phi) is 7.36. The molecule has 0 saturated heterocycles. The van der Waals surface area contributed by atoms with Gasteiger partial charge in [-0.2, -0.15) is 0 Å². The predicted octanol–water partition coefficient (Wildman–Crippen LogP) is 4.01. The van der Waals surface area contributed by atoms with Crippen LogP contribution < -0.4 is 5.32 Å². The Hall–Kier alpha value is -2.73. The monoisotopic (exact) mass is 393 g/mol. The third-order valence-electron chi connectivity index (χ3n) is 5.52. The van der Waals surface area contributed by atoms with Gasteiger partial charge in [-0.25, -0.2) is 9.97 Å². The van der Waals surface area contributed by atoms with E-state index < -0.39 is 0 Å². The zero-order valence-corrected chi connectivity index (χ0v) is 17.4. The van der Waals surface area contributed by atoms with Crippen LogP contribution in [-0.2, 0) is 0 Å². The van der Waals surface area contributed by atoms with Gasteiger partial charge in [-0.15, -0.1) is 0 Å². The molecule has 0 aliphatic heterocycles. The van der Waals surface area contributed by atoms with E-state index in [1.54, 1.807) is 6.20 Å². The van der Waals surface area contributed by atoms with Gasteiger partial charge in [-0.05, 0) is 51.2 Å². The van der Waals surface area contributed by atoms with E-state index in [0.717, 1.165) is 43.3 Å². The molecule has 6 nitrogen and oxygen atoms in total. The number of fused-ring (bicyclic) bond motifs is 1. The summed E-state index contributed by atoms with van der Waals surface area (Å²) in [6, 6.07) is 2.47. The molecule has 1 aliphatic carbocycles. The third-order valence-corrected chi connectivity index (χ3v) is 5.52. The number of nitrogens with zero attached hydrogens (tertiary/aromatic N) is 3. The largest absolute Gasteiger partial charge is 0.348 e. The van der Waals surface area contributed by atoms with Crippen LogP contribution in [0.15, 0.2) is 55.0 Å². The van der Waals surface area contributed by atoms with Crippen LogP contribution in [0.2, 0.25) is 0 Å². The molecule has 2 aromatic rings. The van der Waals surface area contributed by atoms with Crippen molar-refractivity contribution in [3.63, 3.8) is 0 Å². The molecule has 2 heterocycles. The average molecular weight is 394 g/mol. The van der Waals surface area contributed by atoms with Gasteiger partial charge in [0.2, 0.25) is 0 Å². The van der Waals surface area contributed by atoms with Gasteiger partial charge >= 0.3 is 0 Å². The second kappa shape index (κ2) is 10.2. The molecule has 2 atom stereocenters. The first-order valence-electron chi connectivity index (χ1n) is 10.4. The zero-order valence-electron chi connectivity index (χ0n) is 17.4. The van der Waals surface area contributed by atoms with Gasteiger partial charge < -0.3 is 15.2 Å². The highest BCUT2D eigenvalue weighted by Crippen LogP contribution is 2.25. The molecule has 1 amide bonds. The van der Waals surface area contributed by atoms with Crippen LogP contribution in [0.4, 0.5) is 0 Å². The molecule has 2 N–H and O–H groups in total. The maximum atomic E-state index is 13.2. The minimum atomic E-state index is 0.0392. The summed E-state index contributed by atoms with van der Waals surface area (Å²) in [4.78, 5) is 26.6. The number of nitrogens with one attached hydrogen (secondary N) is 2. The molecule has 29 heavy (non-hydrogen) atoms. The van der Waals surface area contributed by atoms with Gasteiger partial charge in [-0.1, -0.05) is 30.9 Å². The van der Waals surface area contributed by atoms with Gasteiger partial charge in [0.25, 0.3) is 5.91 Å². The summed E-state index contributed by atoms with van der Waals surface area (Å²) in [5.41, 5.74) is 3.36. The summed E-state index contributed by atoms with van der Waals surface area (Å²) in [6.07, 6.45) is 15.5. The second-order valence-electron chi connectivity index (χ2n) is 7.47. The van der Waals surface area contributed by atoms with Gasteiger partial charge in [0, 0.05) is 25.2 Å². The maximum Gasteiger partial charge on any atom is 0.270 e. The Labute approximate surface area is 172 Å². The minimum absolute atomic E-state index is 0.0392. The first kappa shape index (κ1) is 21.0. The van der Waals surface area contributed by atoms with Crippen molar-refractivity contribution in [1.82, 2.24) is 25.2 Å². The molecule has 2 aromatic heterocycles. The van der Waals surface area contributed by atoms with Crippen molar-refractivity contribution in [3.8, 4) is 0 Å². The number of hydrogen-bond acceptors (Lipinski definition) is 4. The van der Waals surface area contributed by atoms with Crippen LogP contribution in [0.3, 0.4) is 0 Å². The first-order chi connectivity index (χ1) is 14.2. The lowest BCUT2D eigenvalue weighted by Gasteiger charge is -2.37. The van der Waals surface area contributed by atoms with Gasteiger partial charge in [-0.3, -0.25) is 4.79 Å². The van der Waals surface area contributed by atoms with Crippen LogP contribution in [0.25, 0.3) is 11.0 Å². The zero-order chi connectivity index (χ0) is 20.6. The standard InChI is InChI=1S/C23H31N5O/c1-4-8-17(9-5-2)14-25-18-10-7-11-19(12-18)28(6-3)23(29)21-13-20-22(27-21)15-24-16-26-20/h4-5,8-9,13,15-16,18-19,25,27H,1,6-7,10-12,14H2,2-3H3/b9-5-,17-8+. The normalized spacial score (nSPS) is 20.3. The molecular formula is C23H31N5O. The quantitative estimate of drug-likeness (QED) is 0.665. The maximum absolute atomic E-state index is 13.2. The minimum Gasteiger partial charge on any atom is -0.348 e. The van der Waals surface area contributed by atoms with Crippen LogP contribution >= 0.6 is 0 Å². The molecule has 1 fully saturated rings. The highest BCUT2D eigenvalue weighted by atomic mass is 16.2. The highest BCUT2D eigenvalue weighted by molar-refractivity contribution is 5.97. The van der Waals surface area contributed by atoms with E-state index in [9.17, 15) is 4.79 Å². The summed E-state index contributed by atoms with van der Waals surface area (Å²) in [5, 5.41) is 3.67. The Bertz CT molecular complexity index is 865. The number of amides is 1. The topological polar surface area (TPSA) is 73.9 Å². The van der Waals surface area contributed by atoms with E-state index in [-0.39, 0.29) is 11.9 Å². The van der Waals surface area contributed by atoms with Crippen molar-refractivity contribution < 1.29 is 4.79 Å².